The van der Waals surface area contributed by atoms with Gasteiger partial charge >= 0.3 is 6.18 Å². The van der Waals surface area contributed by atoms with E-state index in [4.69, 9.17) is 4.74 Å². The summed E-state index contributed by atoms with van der Waals surface area (Å²) in [7, 11) is 0. The van der Waals surface area contributed by atoms with Crippen LogP contribution in [0.25, 0.3) is 6.08 Å². The third kappa shape index (κ3) is 3.97. The maximum Gasteiger partial charge on any atom is 0.416 e. The van der Waals surface area contributed by atoms with E-state index < -0.39 is 17.5 Å². The molecule has 0 atom stereocenters. The summed E-state index contributed by atoms with van der Waals surface area (Å²) in [6, 6.07) is 13.4. The van der Waals surface area contributed by atoms with Crippen LogP contribution in [-0.2, 0) is 11.0 Å². The number of para-hydroxylation sites is 1. The van der Waals surface area contributed by atoms with Crippen LogP contribution >= 0.6 is 0 Å². The van der Waals surface area contributed by atoms with Crippen molar-refractivity contribution in [2.45, 2.75) is 13.1 Å². The van der Waals surface area contributed by atoms with E-state index in [1.165, 1.54) is 25.1 Å². The summed E-state index contributed by atoms with van der Waals surface area (Å²) in [4.78, 5) is 11.6. The fourth-order valence-electron chi connectivity index (χ4n) is 1.84. The number of alkyl halides is 3. The molecule has 0 fully saturated rings. The number of Topliss-reactive ketones (excluding diaryl/α,β-unsaturated/α-hetero) is 1. The summed E-state index contributed by atoms with van der Waals surface area (Å²) < 4.78 is 44.3. The quantitative estimate of drug-likeness (QED) is 0.604. The van der Waals surface area contributed by atoms with Crippen molar-refractivity contribution in [3.05, 3.63) is 71.5 Å². The predicted octanol–water partition coefficient (Wildman–Crippen LogP) is 4.71. The van der Waals surface area contributed by atoms with Crippen LogP contribution in [0.5, 0.6) is 5.75 Å². The van der Waals surface area contributed by atoms with Gasteiger partial charge in [-0.15, -0.1) is 0 Å². The fourth-order valence-corrected chi connectivity index (χ4v) is 1.84. The van der Waals surface area contributed by atoms with Crippen LogP contribution in [0.15, 0.2) is 60.4 Å². The second-order valence-corrected chi connectivity index (χ2v) is 4.56. The molecule has 0 aromatic heterocycles. The average molecular weight is 306 g/mol. The van der Waals surface area contributed by atoms with Crippen molar-refractivity contribution < 1.29 is 22.7 Å². The first-order valence-corrected chi connectivity index (χ1v) is 6.49. The second kappa shape index (κ2) is 6.47. The molecule has 0 amide bonds. The Morgan fingerprint density at radius 3 is 2.18 bits per heavy atom. The molecule has 0 heterocycles. The SMILES string of the molecule is CC(=O)C(=Cc1ccccc1C(F)(F)F)Oc1ccccc1. The van der Waals surface area contributed by atoms with E-state index in [9.17, 15) is 18.0 Å². The molecule has 0 aliphatic carbocycles. The third-order valence-electron chi connectivity index (χ3n) is 2.87. The summed E-state index contributed by atoms with van der Waals surface area (Å²) in [5, 5.41) is 0. The van der Waals surface area contributed by atoms with Crippen LogP contribution in [0.2, 0.25) is 0 Å². The number of carbonyl (C=O) groups is 1. The molecule has 2 aromatic carbocycles. The van der Waals surface area contributed by atoms with Gasteiger partial charge in [0.1, 0.15) is 5.75 Å². The van der Waals surface area contributed by atoms with Crippen LogP contribution in [0, 0.1) is 0 Å². The van der Waals surface area contributed by atoms with Crippen molar-refractivity contribution in [1.82, 2.24) is 0 Å². The highest BCUT2D eigenvalue weighted by atomic mass is 19.4. The number of rotatable bonds is 4. The lowest BCUT2D eigenvalue weighted by atomic mass is 10.1. The summed E-state index contributed by atoms with van der Waals surface area (Å²) in [5.41, 5.74) is -0.929. The van der Waals surface area contributed by atoms with E-state index in [2.05, 4.69) is 0 Å². The highest BCUT2D eigenvalue weighted by Crippen LogP contribution is 2.33. The lowest BCUT2D eigenvalue weighted by Gasteiger charge is -2.12. The fraction of sp³-hybridized carbons (Fsp3) is 0.118. The minimum atomic E-state index is -4.50. The minimum Gasteiger partial charge on any atom is -0.454 e. The molecule has 0 spiro atoms. The molecule has 0 N–H and O–H groups in total. The van der Waals surface area contributed by atoms with Gasteiger partial charge in [0.05, 0.1) is 5.56 Å². The molecule has 2 nitrogen and oxygen atoms in total. The number of carbonyl (C=O) groups excluding carboxylic acids is 1. The van der Waals surface area contributed by atoms with E-state index in [-0.39, 0.29) is 11.3 Å². The first-order valence-electron chi connectivity index (χ1n) is 6.49. The molecular formula is C17H13F3O2. The summed E-state index contributed by atoms with van der Waals surface area (Å²) in [6.07, 6.45) is -3.39. The van der Waals surface area contributed by atoms with Crippen LogP contribution in [0.1, 0.15) is 18.1 Å². The Balaban J connectivity index is 2.42. The topological polar surface area (TPSA) is 26.3 Å². The first kappa shape index (κ1) is 15.8. The van der Waals surface area contributed by atoms with E-state index in [0.29, 0.717) is 5.75 Å². The molecule has 22 heavy (non-hydrogen) atoms. The third-order valence-corrected chi connectivity index (χ3v) is 2.87. The van der Waals surface area contributed by atoms with Crippen LogP contribution in [0.4, 0.5) is 13.2 Å². The molecular weight excluding hydrogens is 293 g/mol. The van der Waals surface area contributed by atoms with Gasteiger partial charge in [-0.3, -0.25) is 4.79 Å². The lowest BCUT2D eigenvalue weighted by Crippen LogP contribution is -2.09. The van der Waals surface area contributed by atoms with Gasteiger partial charge in [-0.25, -0.2) is 0 Å². The van der Waals surface area contributed by atoms with E-state index in [1.807, 2.05) is 0 Å². The van der Waals surface area contributed by atoms with Gasteiger partial charge in [0.2, 0.25) is 0 Å². The molecule has 0 saturated carbocycles. The highest BCUT2D eigenvalue weighted by Gasteiger charge is 2.32. The number of ether oxygens (including phenoxy) is 1. The summed E-state index contributed by atoms with van der Waals surface area (Å²) >= 11 is 0. The van der Waals surface area contributed by atoms with Gasteiger partial charge in [0, 0.05) is 6.92 Å². The Bertz CT molecular complexity index is 689. The number of hydrogen-bond donors (Lipinski definition) is 0. The number of benzene rings is 2. The van der Waals surface area contributed by atoms with Gasteiger partial charge in [-0.1, -0.05) is 36.4 Å². The van der Waals surface area contributed by atoms with Gasteiger partial charge in [-0.05, 0) is 29.8 Å². The van der Waals surface area contributed by atoms with Crippen molar-refractivity contribution in [3.63, 3.8) is 0 Å². The zero-order chi connectivity index (χ0) is 16.2. The smallest absolute Gasteiger partial charge is 0.416 e. The van der Waals surface area contributed by atoms with Gasteiger partial charge in [-0.2, -0.15) is 13.2 Å². The number of hydrogen-bond acceptors (Lipinski definition) is 2. The molecule has 0 unspecified atom stereocenters. The molecule has 2 rings (SSSR count). The zero-order valence-corrected chi connectivity index (χ0v) is 11.7. The van der Waals surface area contributed by atoms with E-state index >= 15 is 0 Å². The van der Waals surface area contributed by atoms with Crippen LogP contribution in [0.3, 0.4) is 0 Å². The van der Waals surface area contributed by atoms with Crippen molar-refractivity contribution >= 4 is 11.9 Å². The Hall–Kier alpha value is -2.56. The van der Waals surface area contributed by atoms with E-state index in [0.717, 1.165) is 12.1 Å². The maximum absolute atomic E-state index is 13.0. The van der Waals surface area contributed by atoms with Gasteiger partial charge in [0.15, 0.2) is 11.5 Å². The molecule has 0 saturated heterocycles. The monoisotopic (exact) mass is 306 g/mol. The van der Waals surface area contributed by atoms with Gasteiger partial charge < -0.3 is 4.74 Å². The predicted molar refractivity (Wildman–Crippen MR) is 77.2 cm³/mol. The molecule has 0 radical (unpaired) electrons. The minimum absolute atomic E-state index is 0.115. The summed E-state index contributed by atoms with van der Waals surface area (Å²) in [5.74, 6) is -0.225. The van der Waals surface area contributed by atoms with Crippen molar-refractivity contribution in [1.29, 1.82) is 0 Å². The molecule has 2 aromatic rings. The highest BCUT2D eigenvalue weighted by molar-refractivity contribution is 5.96. The molecule has 0 aliphatic heterocycles. The van der Waals surface area contributed by atoms with Crippen LogP contribution in [-0.4, -0.2) is 5.78 Å². The van der Waals surface area contributed by atoms with Gasteiger partial charge in [0.25, 0.3) is 0 Å². The van der Waals surface area contributed by atoms with Crippen molar-refractivity contribution in [3.8, 4) is 5.75 Å². The Morgan fingerprint density at radius 1 is 1.00 bits per heavy atom. The summed E-state index contributed by atoms with van der Waals surface area (Å²) in [6.45, 7) is 1.24. The lowest BCUT2D eigenvalue weighted by molar-refractivity contribution is -0.137. The van der Waals surface area contributed by atoms with Crippen molar-refractivity contribution in [2.24, 2.45) is 0 Å². The number of ketones is 1. The molecule has 0 aliphatic rings. The number of halogens is 3. The first-order chi connectivity index (χ1) is 10.4. The second-order valence-electron chi connectivity index (χ2n) is 4.56. The maximum atomic E-state index is 13.0. The number of allylic oxidation sites excluding steroid dienone is 1. The van der Waals surface area contributed by atoms with Crippen LogP contribution < -0.4 is 4.74 Å². The average Bonchev–Trinajstić information content (AvgIpc) is 2.47. The van der Waals surface area contributed by atoms with Crippen molar-refractivity contribution in [2.75, 3.05) is 0 Å². The normalized spacial score (nSPS) is 12.1. The Morgan fingerprint density at radius 2 is 1.59 bits per heavy atom. The molecule has 114 valence electrons. The zero-order valence-electron chi connectivity index (χ0n) is 11.7. The standard InChI is InChI=1S/C17H13F3O2/c1-12(21)16(22-14-8-3-2-4-9-14)11-13-7-5-6-10-15(13)17(18,19)20/h2-11H,1H3. The Kier molecular flexibility index (Phi) is 4.65. The Labute approximate surface area is 125 Å². The van der Waals surface area contributed by atoms with E-state index in [1.54, 1.807) is 30.3 Å². The largest absolute Gasteiger partial charge is 0.454 e. The molecule has 0 bridgehead atoms. The molecule has 5 heteroatoms.